The third-order valence-electron chi connectivity index (χ3n) is 2.75. The number of nitrogens with one attached hydrogen (secondary N) is 1. The fraction of sp³-hybridized carbons (Fsp3) is 0.417. The Morgan fingerprint density at radius 2 is 2.24 bits per heavy atom. The quantitative estimate of drug-likeness (QED) is 0.820. The van der Waals surface area contributed by atoms with E-state index in [-0.39, 0.29) is 5.91 Å². The second-order valence-electron chi connectivity index (χ2n) is 4.43. The SMILES string of the molecule is Cc1cc(C(N)=O)c(NC(=O)CC2CC2)cn1. The van der Waals surface area contributed by atoms with Crippen molar-refractivity contribution in [1.29, 1.82) is 0 Å². The second-order valence-corrected chi connectivity index (χ2v) is 4.43. The van der Waals surface area contributed by atoms with Gasteiger partial charge in [0, 0.05) is 12.1 Å². The largest absolute Gasteiger partial charge is 0.366 e. The molecule has 0 atom stereocenters. The fourth-order valence-electron chi connectivity index (χ4n) is 1.65. The minimum absolute atomic E-state index is 0.0827. The summed E-state index contributed by atoms with van der Waals surface area (Å²) in [6.45, 7) is 1.77. The van der Waals surface area contributed by atoms with E-state index in [0.29, 0.717) is 29.3 Å². The summed E-state index contributed by atoms with van der Waals surface area (Å²) >= 11 is 0. The lowest BCUT2D eigenvalue weighted by atomic mass is 10.1. The molecule has 5 nitrogen and oxygen atoms in total. The van der Waals surface area contributed by atoms with Crippen LogP contribution in [0.15, 0.2) is 12.3 Å². The molecule has 0 unspecified atom stereocenters. The van der Waals surface area contributed by atoms with Crippen LogP contribution in [0.2, 0.25) is 0 Å². The van der Waals surface area contributed by atoms with Crippen molar-refractivity contribution in [1.82, 2.24) is 4.98 Å². The minimum atomic E-state index is -0.558. The predicted octanol–water partition coefficient (Wildman–Crippen LogP) is 1.23. The first-order valence-corrected chi connectivity index (χ1v) is 5.62. The zero-order valence-electron chi connectivity index (χ0n) is 9.69. The zero-order chi connectivity index (χ0) is 12.4. The van der Waals surface area contributed by atoms with Crippen molar-refractivity contribution < 1.29 is 9.59 Å². The maximum absolute atomic E-state index is 11.6. The van der Waals surface area contributed by atoms with Gasteiger partial charge in [-0.3, -0.25) is 14.6 Å². The van der Waals surface area contributed by atoms with Crippen LogP contribution in [0.1, 0.15) is 35.3 Å². The lowest BCUT2D eigenvalue weighted by Crippen LogP contribution is -2.19. The first kappa shape index (κ1) is 11.6. The summed E-state index contributed by atoms with van der Waals surface area (Å²) in [6, 6.07) is 1.58. The van der Waals surface area contributed by atoms with Crippen molar-refractivity contribution in [2.75, 3.05) is 5.32 Å². The molecule has 1 saturated carbocycles. The van der Waals surface area contributed by atoms with Gasteiger partial charge in [0.1, 0.15) is 0 Å². The number of hydrogen-bond donors (Lipinski definition) is 2. The number of rotatable bonds is 4. The van der Waals surface area contributed by atoms with E-state index in [1.807, 2.05) is 0 Å². The highest BCUT2D eigenvalue weighted by molar-refractivity contribution is 6.02. The number of carbonyl (C=O) groups excluding carboxylic acids is 2. The molecule has 17 heavy (non-hydrogen) atoms. The Morgan fingerprint density at radius 1 is 1.53 bits per heavy atom. The molecule has 5 heteroatoms. The van der Waals surface area contributed by atoms with Crippen LogP contribution in [-0.4, -0.2) is 16.8 Å². The number of carbonyl (C=O) groups is 2. The van der Waals surface area contributed by atoms with Gasteiger partial charge < -0.3 is 11.1 Å². The van der Waals surface area contributed by atoms with E-state index in [2.05, 4.69) is 10.3 Å². The van der Waals surface area contributed by atoms with Gasteiger partial charge in [-0.05, 0) is 31.7 Å². The van der Waals surface area contributed by atoms with Crippen molar-refractivity contribution in [3.63, 3.8) is 0 Å². The van der Waals surface area contributed by atoms with E-state index in [1.54, 1.807) is 13.0 Å². The number of amides is 2. The third-order valence-corrected chi connectivity index (χ3v) is 2.75. The summed E-state index contributed by atoms with van der Waals surface area (Å²) in [6.07, 6.45) is 4.21. The van der Waals surface area contributed by atoms with Gasteiger partial charge >= 0.3 is 0 Å². The molecule has 1 aliphatic rings. The third kappa shape index (κ3) is 3.03. The van der Waals surface area contributed by atoms with Gasteiger partial charge in [0.25, 0.3) is 5.91 Å². The summed E-state index contributed by atoms with van der Waals surface area (Å²) < 4.78 is 0. The Morgan fingerprint density at radius 3 is 2.82 bits per heavy atom. The Bertz CT molecular complexity index is 467. The number of nitrogens with zero attached hydrogens (tertiary/aromatic N) is 1. The topological polar surface area (TPSA) is 85.1 Å². The lowest BCUT2D eigenvalue weighted by Gasteiger charge is -2.08. The van der Waals surface area contributed by atoms with Crippen LogP contribution in [0.25, 0.3) is 0 Å². The van der Waals surface area contributed by atoms with Crippen molar-refractivity contribution in [2.24, 2.45) is 11.7 Å². The standard InChI is InChI=1S/C12H15N3O2/c1-7-4-9(12(13)17)10(6-14-7)15-11(16)5-8-2-3-8/h4,6,8H,2-3,5H2,1H3,(H2,13,17)(H,15,16). The van der Waals surface area contributed by atoms with E-state index in [4.69, 9.17) is 5.73 Å². The minimum Gasteiger partial charge on any atom is -0.366 e. The number of aromatic nitrogens is 1. The number of hydrogen-bond acceptors (Lipinski definition) is 3. The molecule has 0 aromatic carbocycles. The monoisotopic (exact) mass is 233 g/mol. The second kappa shape index (κ2) is 4.53. The van der Waals surface area contributed by atoms with Crippen molar-refractivity contribution >= 4 is 17.5 Å². The van der Waals surface area contributed by atoms with E-state index in [0.717, 1.165) is 12.8 Å². The normalized spacial score (nSPS) is 14.4. The molecule has 3 N–H and O–H groups in total. The highest BCUT2D eigenvalue weighted by Gasteiger charge is 2.24. The van der Waals surface area contributed by atoms with Crippen LogP contribution in [0, 0.1) is 12.8 Å². The highest BCUT2D eigenvalue weighted by Crippen LogP contribution is 2.32. The van der Waals surface area contributed by atoms with Gasteiger partial charge in [-0.1, -0.05) is 0 Å². The molecule has 1 fully saturated rings. The number of primary amides is 1. The first-order valence-electron chi connectivity index (χ1n) is 5.62. The molecule has 0 radical (unpaired) electrons. The van der Waals surface area contributed by atoms with Gasteiger partial charge in [0.15, 0.2) is 0 Å². The van der Waals surface area contributed by atoms with E-state index >= 15 is 0 Å². The smallest absolute Gasteiger partial charge is 0.250 e. The molecule has 2 rings (SSSR count). The molecule has 0 bridgehead atoms. The molecular weight excluding hydrogens is 218 g/mol. The maximum Gasteiger partial charge on any atom is 0.250 e. The van der Waals surface area contributed by atoms with Crippen molar-refractivity contribution in [3.8, 4) is 0 Å². The van der Waals surface area contributed by atoms with Crippen LogP contribution in [0.4, 0.5) is 5.69 Å². The molecule has 1 aliphatic carbocycles. The summed E-state index contributed by atoms with van der Waals surface area (Å²) in [4.78, 5) is 26.9. The van der Waals surface area contributed by atoms with Crippen LogP contribution in [0.3, 0.4) is 0 Å². The molecule has 1 aromatic heterocycles. The average Bonchev–Trinajstić information content (AvgIpc) is 3.04. The zero-order valence-corrected chi connectivity index (χ0v) is 9.69. The molecule has 1 aromatic rings. The molecular formula is C12H15N3O2. The fourth-order valence-corrected chi connectivity index (χ4v) is 1.65. The van der Waals surface area contributed by atoms with Gasteiger partial charge in [0.05, 0.1) is 17.4 Å². The van der Waals surface area contributed by atoms with Crippen LogP contribution in [-0.2, 0) is 4.79 Å². The number of pyridine rings is 1. The first-order chi connectivity index (χ1) is 8.06. The summed E-state index contributed by atoms with van der Waals surface area (Å²) in [5, 5.41) is 2.69. The molecule has 0 aliphatic heterocycles. The Balaban J connectivity index is 2.13. The molecule has 2 amide bonds. The number of nitrogens with two attached hydrogens (primary N) is 1. The lowest BCUT2D eigenvalue weighted by molar-refractivity contribution is -0.116. The van der Waals surface area contributed by atoms with Crippen molar-refractivity contribution in [2.45, 2.75) is 26.2 Å². The molecule has 0 saturated heterocycles. The van der Waals surface area contributed by atoms with Crippen LogP contribution >= 0.6 is 0 Å². The van der Waals surface area contributed by atoms with Gasteiger partial charge in [0.2, 0.25) is 5.91 Å². The predicted molar refractivity (Wildman–Crippen MR) is 63.5 cm³/mol. The van der Waals surface area contributed by atoms with Gasteiger partial charge in [-0.15, -0.1) is 0 Å². The molecule has 0 spiro atoms. The van der Waals surface area contributed by atoms with Crippen molar-refractivity contribution in [3.05, 3.63) is 23.5 Å². The van der Waals surface area contributed by atoms with Crippen LogP contribution < -0.4 is 11.1 Å². The average molecular weight is 233 g/mol. The Kier molecular flexibility index (Phi) is 3.08. The number of aryl methyl sites for hydroxylation is 1. The van der Waals surface area contributed by atoms with Crippen LogP contribution in [0.5, 0.6) is 0 Å². The summed E-state index contributed by atoms with van der Waals surface area (Å²) in [5.41, 5.74) is 6.65. The maximum atomic E-state index is 11.6. The summed E-state index contributed by atoms with van der Waals surface area (Å²) in [5.74, 6) is -0.136. The van der Waals surface area contributed by atoms with Gasteiger partial charge in [-0.2, -0.15) is 0 Å². The van der Waals surface area contributed by atoms with E-state index in [1.165, 1.54) is 6.20 Å². The Labute approximate surface area is 99.4 Å². The molecule has 1 heterocycles. The van der Waals surface area contributed by atoms with E-state index in [9.17, 15) is 9.59 Å². The number of anilines is 1. The summed E-state index contributed by atoms with van der Waals surface area (Å²) in [7, 11) is 0. The highest BCUT2D eigenvalue weighted by atomic mass is 16.2. The van der Waals surface area contributed by atoms with E-state index < -0.39 is 5.91 Å². The Hall–Kier alpha value is -1.91. The van der Waals surface area contributed by atoms with Gasteiger partial charge in [-0.25, -0.2) is 0 Å². The molecule has 90 valence electrons.